The Bertz CT molecular complexity index is 1270. The maximum Gasteiger partial charge on any atom is 0.407 e. The van der Waals surface area contributed by atoms with E-state index in [0.717, 1.165) is 27.8 Å². The molecule has 0 fully saturated rings. The second-order valence-electron chi connectivity index (χ2n) is 9.59. The van der Waals surface area contributed by atoms with Gasteiger partial charge in [0.15, 0.2) is 6.04 Å². The number of hydrogen-bond donors (Lipinski definition) is 3. The highest BCUT2D eigenvalue weighted by molar-refractivity contribution is 5.86. The molecule has 2 amide bonds. The van der Waals surface area contributed by atoms with E-state index in [1.54, 1.807) is 6.92 Å². The molecule has 9 heteroatoms. The molecule has 3 atom stereocenters. The number of fused-ring (bicyclic) bond motifs is 3. The lowest BCUT2D eigenvalue weighted by molar-refractivity contribution is -0.148. The summed E-state index contributed by atoms with van der Waals surface area (Å²) in [5, 5.41) is 14.8. The molecule has 3 aromatic rings. The third-order valence-electron chi connectivity index (χ3n) is 6.99. The maximum atomic E-state index is 12.8. The van der Waals surface area contributed by atoms with Gasteiger partial charge < -0.3 is 30.0 Å². The maximum absolute atomic E-state index is 12.8. The molecule has 3 N–H and O–H groups in total. The number of benzene rings is 3. The van der Waals surface area contributed by atoms with Gasteiger partial charge in [0.1, 0.15) is 12.7 Å². The van der Waals surface area contributed by atoms with E-state index in [-0.39, 0.29) is 32.1 Å². The van der Waals surface area contributed by atoms with Gasteiger partial charge in [-0.1, -0.05) is 78.9 Å². The number of alkyl carbamates (subject to hydrolysis) is 1. The number of methoxy groups -OCH3 is 1. The highest BCUT2D eigenvalue weighted by Crippen LogP contribution is 2.44. The summed E-state index contributed by atoms with van der Waals surface area (Å²) in [6.45, 7) is 2.07. The van der Waals surface area contributed by atoms with E-state index in [1.165, 1.54) is 7.11 Å². The van der Waals surface area contributed by atoms with Crippen LogP contribution in [0.1, 0.15) is 36.0 Å². The van der Waals surface area contributed by atoms with Crippen molar-refractivity contribution in [2.45, 2.75) is 44.1 Å². The van der Waals surface area contributed by atoms with Crippen molar-refractivity contribution in [3.8, 4) is 11.1 Å². The van der Waals surface area contributed by atoms with Gasteiger partial charge in [-0.25, -0.2) is 9.59 Å². The zero-order valence-corrected chi connectivity index (χ0v) is 22.5. The Kier molecular flexibility index (Phi) is 9.88. The second kappa shape index (κ2) is 13.7. The van der Waals surface area contributed by atoms with Crippen molar-refractivity contribution in [1.29, 1.82) is 0 Å². The number of carbonyl (C=O) groups is 3. The molecule has 4 rings (SSSR count). The lowest BCUT2D eigenvalue weighted by atomic mass is 9.98. The predicted octanol–water partition coefficient (Wildman–Crippen LogP) is 4.10. The van der Waals surface area contributed by atoms with Crippen molar-refractivity contribution >= 4 is 18.0 Å². The molecule has 1 aliphatic rings. The standard InChI is InChI=1S/C31H34N2O7/c1-20(39-18-21-10-4-3-5-11-21)28(30(35)36)33-29(34)27(38-2)16-17-32-31(37)40-19-26-24-14-8-6-12-22(24)23-13-7-9-15-25(23)26/h3-15,20,26-28H,16-19H2,1-2H3,(H,32,37)(H,33,34)(H,35,36). The molecule has 0 aromatic heterocycles. The minimum absolute atomic E-state index is 0.0605. The van der Waals surface area contributed by atoms with Crippen molar-refractivity contribution in [2.24, 2.45) is 0 Å². The molecule has 0 spiro atoms. The molecule has 0 heterocycles. The molecular weight excluding hydrogens is 512 g/mol. The topological polar surface area (TPSA) is 123 Å². The fourth-order valence-electron chi connectivity index (χ4n) is 4.83. The van der Waals surface area contributed by atoms with Crippen LogP contribution in [0.2, 0.25) is 0 Å². The molecule has 3 unspecified atom stereocenters. The van der Waals surface area contributed by atoms with E-state index in [1.807, 2.05) is 66.7 Å². The average Bonchev–Trinajstić information content (AvgIpc) is 3.29. The summed E-state index contributed by atoms with van der Waals surface area (Å²) in [5.41, 5.74) is 5.39. The molecule has 0 aliphatic heterocycles. The summed E-state index contributed by atoms with van der Waals surface area (Å²) >= 11 is 0. The van der Waals surface area contributed by atoms with E-state index in [0.29, 0.717) is 0 Å². The Morgan fingerprint density at radius 1 is 0.900 bits per heavy atom. The number of carboxylic acid groups (broad SMARTS) is 1. The number of carboxylic acids is 1. The lowest BCUT2D eigenvalue weighted by Crippen LogP contribution is -2.52. The van der Waals surface area contributed by atoms with Crippen LogP contribution < -0.4 is 10.6 Å². The summed E-state index contributed by atoms with van der Waals surface area (Å²) in [6, 6.07) is 24.2. The van der Waals surface area contributed by atoms with Gasteiger partial charge in [-0.15, -0.1) is 0 Å². The van der Waals surface area contributed by atoms with Crippen LogP contribution in [0, 0.1) is 0 Å². The zero-order valence-electron chi connectivity index (χ0n) is 22.5. The number of nitrogens with one attached hydrogen (secondary N) is 2. The Morgan fingerprint density at radius 3 is 2.10 bits per heavy atom. The van der Waals surface area contributed by atoms with Crippen LogP contribution in [-0.4, -0.2) is 61.6 Å². The number of hydrogen-bond acceptors (Lipinski definition) is 6. The van der Waals surface area contributed by atoms with Gasteiger partial charge in [0, 0.05) is 26.0 Å². The fourth-order valence-corrected chi connectivity index (χ4v) is 4.83. The summed E-state index contributed by atoms with van der Waals surface area (Å²) < 4.78 is 16.5. The molecule has 40 heavy (non-hydrogen) atoms. The highest BCUT2D eigenvalue weighted by Gasteiger charge is 2.31. The largest absolute Gasteiger partial charge is 0.480 e. The van der Waals surface area contributed by atoms with Crippen LogP contribution in [0.4, 0.5) is 4.79 Å². The number of aliphatic carboxylic acids is 1. The van der Waals surface area contributed by atoms with Crippen LogP contribution >= 0.6 is 0 Å². The van der Waals surface area contributed by atoms with Crippen molar-refractivity contribution in [1.82, 2.24) is 10.6 Å². The minimum Gasteiger partial charge on any atom is -0.480 e. The Hall–Kier alpha value is -4.21. The van der Waals surface area contributed by atoms with Crippen LogP contribution in [0.25, 0.3) is 11.1 Å². The molecular formula is C31H34N2O7. The molecule has 0 radical (unpaired) electrons. The smallest absolute Gasteiger partial charge is 0.407 e. The van der Waals surface area contributed by atoms with Crippen LogP contribution in [0.5, 0.6) is 0 Å². The van der Waals surface area contributed by atoms with Gasteiger partial charge in [-0.05, 0) is 34.7 Å². The van der Waals surface area contributed by atoms with E-state index in [9.17, 15) is 19.5 Å². The van der Waals surface area contributed by atoms with Gasteiger partial charge in [0.05, 0.1) is 12.7 Å². The molecule has 210 valence electrons. The summed E-state index contributed by atoms with van der Waals surface area (Å²) in [5.74, 6) is -1.89. The minimum atomic E-state index is -1.27. The lowest BCUT2D eigenvalue weighted by Gasteiger charge is -2.24. The SMILES string of the molecule is COC(CCNC(=O)OCC1c2ccccc2-c2ccccc21)C(=O)NC(C(=O)O)C(C)OCc1ccccc1. The van der Waals surface area contributed by atoms with Crippen LogP contribution in [0.15, 0.2) is 78.9 Å². The zero-order chi connectivity index (χ0) is 28.5. The molecule has 0 saturated heterocycles. The highest BCUT2D eigenvalue weighted by atomic mass is 16.5. The number of carbonyl (C=O) groups excluding carboxylic acids is 2. The predicted molar refractivity (Wildman–Crippen MR) is 149 cm³/mol. The van der Waals surface area contributed by atoms with Gasteiger partial charge in [-0.3, -0.25) is 4.79 Å². The summed E-state index contributed by atoms with van der Waals surface area (Å²) in [4.78, 5) is 37.0. The monoisotopic (exact) mass is 546 g/mol. The number of rotatable bonds is 13. The van der Waals surface area contributed by atoms with Crippen molar-refractivity contribution in [2.75, 3.05) is 20.3 Å². The van der Waals surface area contributed by atoms with Gasteiger partial charge in [-0.2, -0.15) is 0 Å². The first-order chi connectivity index (χ1) is 19.4. The fraction of sp³-hybridized carbons (Fsp3) is 0.323. The van der Waals surface area contributed by atoms with Crippen LogP contribution in [0.3, 0.4) is 0 Å². The third kappa shape index (κ3) is 7.05. The first kappa shape index (κ1) is 28.8. The molecule has 0 bridgehead atoms. The quantitative estimate of drug-likeness (QED) is 0.295. The Balaban J connectivity index is 1.24. The van der Waals surface area contributed by atoms with Gasteiger partial charge in [0.2, 0.25) is 5.91 Å². The van der Waals surface area contributed by atoms with E-state index < -0.39 is 36.2 Å². The molecule has 3 aromatic carbocycles. The second-order valence-corrected chi connectivity index (χ2v) is 9.59. The van der Waals surface area contributed by atoms with Gasteiger partial charge >= 0.3 is 12.1 Å². The van der Waals surface area contributed by atoms with E-state index >= 15 is 0 Å². The van der Waals surface area contributed by atoms with E-state index in [4.69, 9.17) is 14.2 Å². The molecule has 1 aliphatic carbocycles. The summed E-state index contributed by atoms with van der Waals surface area (Å²) in [7, 11) is 1.35. The number of ether oxygens (including phenoxy) is 3. The Labute approximate surface area is 233 Å². The van der Waals surface area contributed by atoms with Crippen LogP contribution in [-0.2, 0) is 30.4 Å². The van der Waals surface area contributed by atoms with Crippen molar-refractivity contribution < 1.29 is 33.7 Å². The molecule has 0 saturated carbocycles. The van der Waals surface area contributed by atoms with Crippen molar-refractivity contribution in [3.63, 3.8) is 0 Å². The first-order valence-corrected chi connectivity index (χ1v) is 13.2. The van der Waals surface area contributed by atoms with Crippen molar-refractivity contribution in [3.05, 3.63) is 95.6 Å². The normalized spacial score (nSPS) is 14.3. The molecule has 9 nitrogen and oxygen atoms in total. The number of amides is 2. The average molecular weight is 547 g/mol. The summed E-state index contributed by atoms with van der Waals surface area (Å²) in [6.07, 6.45) is -2.25. The third-order valence-corrected chi connectivity index (χ3v) is 6.99. The Morgan fingerprint density at radius 2 is 1.50 bits per heavy atom. The van der Waals surface area contributed by atoms with Gasteiger partial charge in [0.25, 0.3) is 0 Å². The first-order valence-electron chi connectivity index (χ1n) is 13.2. The van der Waals surface area contributed by atoms with E-state index in [2.05, 4.69) is 22.8 Å².